The molecule has 3 atom stereocenters. The number of pyridine rings is 1. The van der Waals surface area contributed by atoms with Crippen LogP contribution < -0.4 is 15.5 Å². The summed E-state index contributed by atoms with van der Waals surface area (Å²) in [6.07, 6.45) is -1.97. The van der Waals surface area contributed by atoms with Crippen LogP contribution in [0, 0.1) is 5.92 Å². The number of anilines is 2. The maximum Gasteiger partial charge on any atom is 0.435 e. The van der Waals surface area contributed by atoms with Crippen molar-refractivity contribution in [3.8, 4) is 0 Å². The summed E-state index contributed by atoms with van der Waals surface area (Å²) < 4.78 is 51.1. The molecule has 2 amide bonds. The number of aromatic amines is 1. The molecule has 1 saturated carbocycles. The molecule has 4 heterocycles. The number of amides is 2. The van der Waals surface area contributed by atoms with Gasteiger partial charge in [-0.1, -0.05) is 0 Å². The highest BCUT2D eigenvalue weighted by Crippen LogP contribution is 2.37. The van der Waals surface area contributed by atoms with Gasteiger partial charge in [-0.15, -0.1) is 0 Å². The molecule has 0 radical (unpaired) electrons. The highest BCUT2D eigenvalue weighted by molar-refractivity contribution is 5.92. The normalized spacial score (nSPS) is 25.0. The van der Waals surface area contributed by atoms with E-state index in [0.717, 1.165) is 19.0 Å². The predicted octanol–water partition coefficient (Wildman–Crippen LogP) is 3.40. The zero-order chi connectivity index (χ0) is 25.5. The number of alkyl carbamates (subject to hydrolysis) is 1. The van der Waals surface area contributed by atoms with Gasteiger partial charge in [0.05, 0.1) is 23.9 Å². The van der Waals surface area contributed by atoms with Crippen molar-refractivity contribution in [2.24, 2.45) is 5.92 Å². The van der Waals surface area contributed by atoms with Gasteiger partial charge in [-0.25, -0.2) is 9.78 Å². The molecule has 1 aliphatic carbocycles. The van der Waals surface area contributed by atoms with Crippen LogP contribution >= 0.6 is 0 Å². The lowest BCUT2D eigenvalue weighted by atomic mass is 10.1. The molecular weight excluding hydrogens is 481 g/mol. The van der Waals surface area contributed by atoms with E-state index in [1.807, 2.05) is 6.92 Å². The zero-order valence-electron chi connectivity index (χ0n) is 19.6. The van der Waals surface area contributed by atoms with Gasteiger partial charge in [-0.3, -0.25) is 9.89 Å². The Hall–Kier alpha value is -3.35. The molecule has 0 bridgehead atoms. The second kappa shape index (κ2) is 9.26. The number of aromatic nitrogens is 3. The summed E-state index contributed by atoms with van der Waals surface area (Å²) >= 11 is 0. The minimum atomic E-state index is -4.58. The molecule has 3 fully saturated rings. The van der Waals surface area contributed by atoms with Crippen LogP contribution in [-0.2, 0) is 20.4 Å². The molecule has 194 valence electrons. The number of carbonyl (C=O) groups is 2. The van der Waals surface area contributed by atoms with E-state index in [1.165, 1.54) is 17.0 Å². The average Bonchev–Trinajstić information content (AvgIpc) is 3.28. The number of halogens is 3. The molecule has 3 aliphatic rings. The molecule has 0 spiro atoms. The van der Waals surface area contributed by atoms with Crippen LogP contribution in [0.1, 0.15) is 50.1 Å². The quantitative estimate of drug-likeness (QED) is 0.547. The van der Waals surface area contributed by atoms with Crippen molar-refractivity contribution >= 4 is 23.5 Å². The summed E-state index contributed by atoms with van der Waals surface area (Å²) in [5.74, 6) is -0.538. The zero-order valence-corrected chi connectivity index (χ0v) is 19.6. The van der Waals surface area contributed by atoms with Crippen LogP contribution in [0.4, 0.5) is 29.5 Å². The first kappa shape index (κ1) is 24.3. The molecule has 2 saturated heterocycles. The Morgan fingerprint density at radius 2 is 2.14 bits per heavy atom. The van der Waals surface area contributed by atoms with Crippen molar-refractivity contribution in [2.45, 2.75) is 56.5 Å². The van der Waals surface area contributed by atoms with Gasteiger partial charge < -0.3 is 25.0 Å². The van der Waals surface area contributed by atoms with Gasteiger partial charge >= 0.3 is 12.3 Å². The van der Waals surface area contributed by atoms with E-state index in [0.29, 0.717) is 25.1 Å². The molecule has 10 nitrogen and oxygen atoms in total. The monoisotopic (exact) mass is 508 g/mol. The second-order valence-corrected chi connectivity index (χ2v) is 9.77. The maximum atomic E-state index is 13.3. The molecule has 3 unspecified atom stereocenters. The fourth-order valence-electron chi connectivity index (χ4n) is 4.49. The summed E-state index contributed by atoms with van der Waals surface area (Å²) in [6.45, 7) is 2.67. The predicted molar refractivity (Wildman–Crippen MR) is 121 cm³/mol. The van der Waals surface area contributed by atoms with Crippen LogP contribution in [0.3, 0.4) is 0 Å². The third kappa shape index (κ3) is 5.40. The van der Waals surface area contributed by atoms with E-state index >= 15 is 0 Å². The first-order valence-electron chi connectivity index (χ1n) is 11.8. The van der Waals surface area contributed by atoms with E-state index in [9.17, 15) is 22.8 Å². The molecule has 13 heteroatoms. The van der Waals surface area contributed by atoms with Crippen molar-refractivity contribution in [1.82, 2.24) is 20.5 Å². The average molecular weight is 509 g/mol. The van der Waals surface area contributed by atoms with Crippen LogP contribution in [0.2, 0.25) is 0 Å². The molecule has 5 rings (SSSR count). The van der Waals surface area contributed by atoms with Crippen LogP contribution in [0.15, 0.2) is 24.4 Å². The van der Waals surface area contributed by atoms with Gasteiger partial charge in [0.2, 0.25) is 5.91 Å². The van der Waals surface area contributed by atoms with Crippen LogP contribution in [-0.4, -0.2) is 58.5 Å². The molecular formula is C23H27F3N6O4. The number of rotatable bonds is 6. The summed E-state index contributed by atoms with van der Waals surface area (Å²) in [6, 6.07) is 4.46. The summed E-state index contributed by atoms with van der Waals surface area (Å²) in [7, 11) is 0. The molecule has 0 aromatic carbocycles. The maximum absolute atomic E-state index is 13.3. The number of nitrogens with one attached hydrogen (secondary N) is 3. The third-order valence-corrected chi connectivity index (χ3v) is 6.79. The Morgan fingerprint density at radius 3 is 2.89 bits per heavy atom. The lowest BCUT2D eigenvalue weighted by Crippen LogP contribution is -2.37. The highest BCUT2D eigenvalue weighted by Gasteiger charge is 2.41. The molecule has 3 N–H and O–H groups in total. The van der Waals surface area contributed by atoms with E-state index in [-0.39, 0.29) is 42.2 Å². The largest absolute Gasteiger partial charge is 0.444 e. The van der Waals surface area contributed by atoms with E-state index < -0.39 is 30.0 Å². The Labute approximate surface area is 204 Å². The van der Waals surface area contributed by atoms with Crippen molar-refractivity contribution in [3.05, 3.63) is 35.8 Å². The number of hydrogen-bond donors (Lipinski definition) is 3. The van der Waals surface area contributed by atoms with Crippen molar-refractivity contribution in [2.75, 3.05) is 29.9 Å². The number of nitrogens with zero attached hydrogens (tertiary/aromatic N) is 3. The van der Waals surface area contributed by atoms with Crippen LogP contribution in [0.5, 0.6) is 0 Å². The number of ether oxygens (including phenoxy) is 2. The van der Waals surface area contributed by atoms with Gasteiger partial charge in [-0.05, 0) is 38.3 Å². The van der Waals surface area contributed by atoms with Gasteiger partial charge in [0, 0.05) is 37.3 Å². The number of hydrogen-bond acceptors (Lipinski definition) is 7. The molecule has 2 aromatic rings. The van der Waals surface area contributed by atoms with Crippen molar-refractivity contribution in [3.63, 3.8) is 0 Å². The fourth-order valence-corrected chi connectivity index (χ4v) is 4.49. The fraction of sp³-hybridized carbons (Fsp3) is 0.565. The molecule has 36 heavy (non-hydrogen) atoms. The standard InChI is InChI=1S/C23H27F3N6O4/c1-22(5-6-22)29-21(34)36-14-9-17(35-12-14)15-10-18(31-30-15)28-20(33)13-4-8-32(11-13)16-3-2-7-27-19(16)23(24,25)26/h2-3,7,10,13-14,17H,4-6,8-9,11-12H2,1H3,(H,29,34)(H2,28,30,31,33). The number of carbonyl (C=O) groups excluding carboxylic acids is 2. The number of alkyl halides is 3. The summed E-state index contributed by atoms with van der Waals surface area (Å²) in [4.78, 5) is 29.8. The van der Waals surface area contributed by atoms with E-state index in [1.54, 1.807) is 6.07 Å². The highest BCUT2D eigenvalue weighted by atomic mass is 19.4. The SMILES string of the molecule is CC1(NC(=O)OC2COC(c3cc(NC(=O)C4CCN(c5cccnc5C(F)(F)F)C4)n[nH]3)C2)CC1. The Morgan fingerprint density at radius 1 is 1.33 bits per heavy atom. The summed E-state index contributed by atoms with van der Waals surface area (Å²) in [5, 5.41) is 12.5. The first-order valence-corrected chi connectivity index (χ1v) is 11.8. The van der Waals surface area contributed by atoms with Gasteiger partial charge in [-0.2, -0.15) is 18.3 Å². The summed E-state index contributed by atoms with van der Waals surface area (Å²) in [5.41, 5.74) is -0.524. The van der Waals surface area contributed by atoms with E-state index in [4.69, 9.17) is 9.47 Å². The Kier molecular flexibility index (Phi) is 6.27. The number of H-pyrrole nitrogens is 1. The Balaban J connectivity index is 1.13. The topological polar surface area (TPSA) is 121 Å². The van der Waals surface area contributed by atoms with Gasteiger partial charge in [0.25, 0.3) is 0 Å². The molecule has 2 aliphatic heterocycles. The second-order valence-electron chi connectivity index (χ2n) is 9.77. The smallest absolute Gasteiger partial charge is 0.435 e. The van der Waals surface area contributed by atoms with Gasteiger partial charge in [0.1, 0.15) is 12.2 Å². The van der Waals surface area contributed by atoms with Crippen molar-refractivity contribution < 1.29 is 32.2 Å². The Bertz CT molecular complexity index is 1140. The van der Waals surface area contributed by atoms with Crippen LogP contribution in [0.25, 0.3) is 0 Å². The minimum absolute atomic E-state index is 0.0302. The van der Waals surface area contributed by atoms with Crippen molar-refractivity contribution in [1.29, 1.82) is 0 Å². The molecule has 2 aromatic heterocycles. The lowest BCUT2D eigenvalue weighted by Gasteiger charge is -2.22. The lowest BCUT2D eigenvalue weighted by molar-refractivity contribution is -0.140. The first-order chi connectivity index (χ1) is 17.1. The minimum Gasteiger partial charge on any atom is -0.444 e. The van der Waals surface area contributed by atoms with Gasteiger partial charge in [0.15, 0.2) is 11.5 Å². The third-order valence-electron chi connectivity index (χ3n) is 6.79. The van der Waals surface area contributed by atoms with E-state index in [2.05, 4.69) is 25.8 Å².